The van der Waals surface area contributed by atoms with Gasteiger partial charge in [0.25, 0.3) is 5.91 Å². The molecule has 5 rings (SSSR count). The van der Waals surface area contributed by atoms with Gasteiger partial charge in [-0.15, -0.1) is 0 Å². The van der Waals surface area contributed by atoms with Crippen LogP contribution in [0.5, 0.6) is 0 Å². The van der Waals surface area contributed by atoms with Crippen LogP contribution in [0.25, 0.3) is 11.0 Å². The number of amides is 1. The van der Waals surface area contributed by atoms with E-state index in [4.69, 9.17) is 8.83 Å². The summed E-state index contributed by atoms with van der Waals surface area (Å²) in [7, 11) is 0. The minimum atomic E-state index is -0.237. The van der Waals surface area contributed by atoms with Crippen molar-refractivity contribution in [3.8, 4) is 0 Å². The predicted molar refractivity (Wildman–Crippen MR) is 99.4 cm³/mol. The van der Waals surface area contributed by atoms with E-state index in [-0.39, 0.29) is 5.91 Å². The Balaban J connectivity index is 1.41. The fourth-order valence-electron chi connectivity index (χ4n) is 4.55. The van der Waals surface area contributed by atoms with Crippen LogP contribution in [-0.2, 0) is 0 Å². The molecule has 2 aliphatic rings. The summed E-state index contributed by atoms with van der Waals surface area (Å²) >= 11 is 0. The molecule has 2 unspecified atom stereocenters. The zero-order valence-electron chi connectivity index (χ0n) is 14.6. The number of nitrogens with zero attached hydrogens (tertiary/aromatic N) is 1. The van der Waals surface area contributed by atoms with Gasteiger partial charge in [-0.05, 0) is 75.0 Å². The van der Waals surface area contributed by atoms with E-state index in [2.05, 4.69) is 10.2 Å². The van der Waals surface area contributed by atoms with Crippen LogP contribution in [0.4, 0.5) is 5.69 Å². The molecule has 0 saturated carbocycles. The van der Waals surface area contributed by atoms with Crippen molar-refractivity contribution in [2.75, 3.05) is 18.4 Å². The summed E-state index contributed by atoms with van der Waals surface area (Å²) in [5, 5.41) is 4.02. The fourth-order valence-corrected chi connectivity index (χ4v) is 4.55. The molecule has 0 bridgehead atoms. The van der Waals surface area contributed by atoms with Crippen LogP contribution >= 0.6 is 0 Å². The molecular formula is C21H22N2O3. The number of benzene rings is 1. The lowest BCUT2D eigenvalue weighted by molar-refractivity contribution is 0.0996. The molecule has 2 aliphatic heterocycles. The average molecular weight is 350 g/mol. The van der Waals surface area contributed by atoms with Gasteiger partial charge in [0.15, 0.2) is 5.76 Å². The molecule has 5 heteroatoms. The van der Waals surface area contributed by atoms with Crippen molar-refractivity contribution in [2.24, 2.45) is 0 Å². The smallest absolute Gasteiger partial charge is 0.291 e. The number of furan rings is 2. The van der Waals surface area contributed by atoms with Crippen LogP contribution < -0.4 is 5.32 Å². The largest absolute Gasteiger partial charge is 0.464 e. The van der Waals surface area contributed by atoms with E-state index < -0.39 is 0 Å². The molecule has 26 heavy (non-hydrogen) atoms. The molecule has 1 aromatic carbocycles. The maximum Gasteiger partial charge on any atom is 0.291 e. The molecule has 1 amide bonds. The molecule has 2 aromatic heterocycles. The minimum Gasteiger partial charge on any atom is -0.464 e. The van der Waals surface area contributed by atoms with Crippen molar-refractivity contribution >= 4 is 22.6 Å². The maximum absolute atomic E-state index is 12.2. The number of piperidine rings is 1. The van der Waals surface area contributed by atoms with Crippen molar-refractivity contribution in [2.45, 2.75) is 37.6 Å². The summed E-state index contributed by atoms with van der Waals surface area (Å²) in [6, 6.07) is 9.92. The highest BCUT2D eigenvalue weighted by atomic mass is 16.3. The van der Waals surface area contributed by atoms with Crippen LogP contribution in [0, 0.1) is 0 Å². The second kappa shape index (κ2) is 6.32. The van der Waals surface area contributed by atoms with Gasteiger partial charge < -0.3 is 19.1 Å². The highest BCUT2D eigenvalue weighted by Crippen LogP contribution is 2.40. The molecule has 2 fully saturated rings. The molecule has 3 aromatic rings. The second-order valence-corrected chi connectivity index (χ2v) is 7.39. The van der Waals surface area contributed by atoms with Crippen LogP contribution in [-0.4, -0.2) is 29.9 Å². The highest BCUT2D eigenvalue weighted by molar-refractivity contribution is 6.03. The maximum atomic E-state index is 12.2. The number of hydrogen-bond acceptors (Lipinski definition) is 4. The fraction of sp³-hybridized carbons (Fsp3) is 0.381. The first kappa shape index (κ1) is 15.7. The predicted octanol–water partition coefficient (Wildman–Crippen LogP) is 4.62. The third-order valence-corrected chi connectivity index (χ3v) is 5.87. The van der Waals surface area contributed by atoms with Gasteiger partial charge in [-0.1, -0.05) is 0 Å². The number of fused-ring (bicyclic) bond motifs is 2. The van der Waals surface area contributed by atoms with E-state index in [0.717, 1.165) is 22.7 Å². The highest BCUT2D eigenvalue weighted by Gasteiger charge is 2.33. The molecule has 2 atom stereocenters. The third-order valence-electron chi connectivity index (χ3n) is 5.87. The first-order chi connectivity index (χ1) is 12.8. The Morgan fingerprint density at radius 3 is 3.00 bits per heavy atom. The van der Waals surface area contributed by atoms with Gasteiger partial charge in [0.1, 0.15) is 5.58 Å². The van der Waals surface area contributed by atoms with E-state index in [9.17, 15) is 4.79 Å². The number of anilines is 1. The molecular weight excluding hydrogens is 328 g/mol. The van der Waals surface area contributed by atoms with Crippen molar-refractivity contribution in [3.63, 3.8) is 0 Å². The molecule has 134 valence electrons. The Kier molecular flexibility index (Phi) is 3.82. The number of rotatable bonds is 3. The van der Waals surface area contributed by atoms with Gasteiger partial charge in [0, 0.05) is 22.7 Å². The summed E-state index contributed by atoms with van der Waals surface area (Å²) in [5.74, 6) is 0.608. The molecule has 4 heterocycles. The Labute approximate surface area is 152 Å². The van der Waals surface area contributed by atoms with E-state index >= 15 is 0 Å². The quantitative estimate of drug-likeness (QED) is 0.749. The molecule has 5 nitrogen and oxygen atoms in total. The van der Waals surface area contributed by atoms with E-state index in [1.54, 1.807) is 12.1 Å². The Hall–Kier alpha value is -2.53. The van der Waals surface area contributed by atoms with Crippen molar-refractivity contribution in [1.29, 1.82) is 0 Å². The van der Waals surface area contributed by atoms with Gasteiger partial charge in [0.2, 0.25) is 0 Å². The van der Waals surface area contributed by atoms with Crippen molar-refractivity contribution < 1.29 is 13.6 Å². The number of hydrogen-bond donors (Lipinski definition) is 1. The molecule has 2 saturated heterocycles. The van der Waals surface area contributed by atoms with Crippen molar-refractivity contribution in [3.05, 3.63) is 54.2 Å². The van der Waals surface area contributed by atoms with Gasteiger partial charge >= 0.3 is 0 Å². The lowest BCUT2D eigenvalue weighted by Gasteiger charge is -2.34. The van der Waals surface area contributed by atoms with Crippen LogP contribution in [0.15, 0.2) is 51.7 Å². The summed E-state index contributed by atoms with van der Waals surface area (Å²) in [6.45, 7) is 2.43. The number of carbonyl (C=O) groups is 1. The number of carbonyl (C=O) groups excluding carboxylic acids is 1. The monoisotopic (exact) mass is 350 g/mol. The second-order valence-electron chi connectivity index (χ2n) is 7.39. The van der Waals surface area contributed by atoms with Crippen LogP contribution in [0.1, 0.15) is 47.7 Å². The lowest BCUT2D eigenvalue weighted by atomic mass is 9.85. The third kappa shape index (κ3) is 2.72. The summed E-state index contributed by atoms with van der Waals surface area (Å²) < 4.78 is 11.0. The summed E-state index contributed by atoms with van der Waals surface area (Å²) in [6.07, 6.45) is 8.44. The Morgan fingerprint density at radius 2 is 2.12 bits per heavy atom. The average Bonchev–Trinajstić information content (AvgIpc) is 3.40. The summed E-state index contributed by atoms with van der Waals surface area (Å²) in [5.41, 5.74) is 2.92. The van der Waals surface area contributed by atoms with E-state index in [0.29, 0.717) is 11.7 Å². The van der Waals surface area contributed by atoms with Gasteiger partial charge in [-0.2, -0.15) is 0 Å². The van der Waals surface area contributed by atoms with Gasteiger partial charge in [-0.25, -0.2) is 0 Å². The molecule has 0 aliphatic carbocycles. The van der Waals surface area contributed by atoms with E-state index in [1.807, 2.05) is 24.5 Å². The van der Waals surface area contributed by atoms with Crippen LogP contribution in [0.2, 0.25) is 0 Å². The van der Waals surface area contributed by atoms with Gasteiger partial charge in [-0.3, -0.25) is 4.79 Å². The summed E-state index contributed by atoms with van der Waals surface area (Å²) in [4.78, 5) is 14.9. The first-order valence-corrected chi connectivity index (χ1v) is 9.38. The normalized spacial score (nSPS) is 23.2. The molecule has 1 N–H and O–H groups in total. The zero-order chi connectivity index (χ0) is 17.5. The van der Waals surface area contributed by atoms with Crippen LogP contribution in [0.3, 0.4) is 0 Å². The van der Waals surface area contributed by atoms with E-state index in [1.165, 1.54) is 50.6 Å². The topological polar surface area (TPSA) is 58.6 Å². The minimum absolute atomic E-state index is 0.237. The standard InChI is InChI=1S/C21H22N2O3/c24-21(20-4-2-10-25-20)22-15-5-6-19-17(12-15)18(13-26-19)14-7-9-23-8-1-3-16(23)11-14/h2,4-6,10,12-14,16H,1,3,7-9,11H2,(H,22,24). The number of nitrogens with one attached hydrogen (secondary N) is 1. The SMILES string of the molecule is O=C(Nc1ccc2occ(C3CCN4CCCC4C3)c2c1)c1ccco1. The molecule has 0 spiro atoms. The Morgan fingerprint density at radius 1 is 1.15 bits per heavy atom. The Bertz CT molecular complexity index is 928. The first-order valence-electron chi connectivity index (χ1n) is 9.38. The van der Waals surface area contributed by atoms with Crippen molar-refractivity contribution in [1.82, 2.24) is 4.90 Å². The molecule has 0 radical (unpaired) electrons. The zero-order valence-corrected chi connectivity index (χ0v) is 14.6. The lowest BCUT2D eigenvalue weighted by Crippen LogP contribution is -2.37. The van der Waals surface area contributed by atoms with Gasteiger partial charge in [0.05, 0.1) is 12.5 Å².